The van der Waals surface area contributed by atoms with Crippen molar-refractivity contribution in [3.05, 3.63) is 56.3 Å². The van der Waals surface area contributed by atoms with Crippen LogP contribution < -0.4 is 16.2 Å². The highest BCUT2D eigenvalue weighted by atomic mass is 16.2. The molecule has 3 heteroatoms. The van der Waals surface area contributed by atoms with E-state index >= 15 is 0 Å². The maximum Gasteiger partial charge on any atom is 0.249 e. The van der Waals surface area contributed by atoms with Crippen molar-refractivity contribution in [1.82, 2.24) is 0 Å². The minimum atomic E-state index is -0.439. The van der Waals surface area contributed by atoms with Crippen molar-refractivity contribution in [2.75, 3.05) is 5.32 Å². The minimum Gasteiger partial charge on any atom is -0.352 e. The summed E-state index contributed by atoms with van der Waals surface area (Å²) in [6.07, 6.45) is 0. The number of aryl methyl sites for hydroxylation is 1. The zero-order valence-corrected chi connectivity index (χ0v) is 7.70. The Labute approximate surface area is 80.7 Å². The Balaban J connectivity index is 2.21. The van der Waals surface area contributed by atoms with Gasteiger partial charge in [0.25, 0.3) is 0 Å². The molecule has 0 spiro atoms. The van der Waals surface area contributed by atoms with Gasteiger partial charge in [-0.1, -0.05) is 17.7 Å². The summed E-state index contributed by atoms with van der Waals surface area (Å²) in [5.41, 5.74) is 1.48. The second-order valence-electron chi connectivity index (χ2n) is 3.24. The molecule has 0 bridgehead atoms. The fraction of sp³-hybridized carbons (Fsp3) is 0.0909. The van der Waals surface area contributed by atoms with E-state index in [9.17, 15) is 9.59 Å². The first-order chi connectivity index (χ1) is 6.66. The molecule has 0 aliphatic heterocycles. The van der Waals surface area contributed by atoms with E-state index in [0.29, 0.717) is 5.69 Å². The third kappa shape index (κ3) is 1.44. The molecule has 2 rings (SSSR count). The second kappa shape index (κ2) is 3.10. The smallest absolute Gasteiger partial charge is 0.249 e. The molecule has 0 saturated heterocycles. The molecule has 0 aliphatic rings. The van der Waals surface area contributed by atoms with Crippen LogP contribution in [0.2, 0.25) is 0 Å². The van der Waals surface area contributed by atoms with Crippen LogP contribution in [0.25, 0.3) is 0 Å². The van der Waals surface area contributed by atoms with Gasteiger partial charge in [-0.25, -0.2) is 0 Å². The fourth-order valence-corrected chi connectivity index (χ4v) is 1.20. The Hall–Kier alpha value is -1.90. The van der Waals surface area contributed by atoms with E-state index in [2.05, 4.69) is 5.32 Å². The number of anilines is 2. The van der Waals surface area contributed by atoms with E-state index < -0.39 is 10.9 Å². The molecule has 0 aromatic heterocycles. The molecule has 0 unspecified atom stereocenters. The maximum absolute atomic E-state index is 11.0. The van der Waals surface area contributed by atoms with Gasteiger partial charge in [-0.15, -0.1) is 0 Å². The molecule has 0 aliphatic carbocycles. The predicted octanol–water partition coefficient (Wildman–Crippen LogP) is 1.33. The topological polar surface area (TPSA) is 46.2 Å². The summed E-state index contributed by atoms with van der Waals surface area (Å²) in [7, 11) is 0. The summed E-state index contributed by atoms with van der Waals surface area (Å²) < 4.78 is 0. The molecule has 14 heavy (non-hydrogen) atoms. The molecule has 70 valence electrons. The Kier molecular flexibility index (Phi) is 1.93. The molecule has 3 nitrogen and oxygen atoms in total. The summed E-state index contributed by atoms with van der Waals surface area (Å²) in [4.78, 5) is 21.6. The Morgan fingerprint density at radius 2 is 1.71 bits per heavy atom. The van der Waals surface area contributed by atoms with Gasteiger partial charge in [0.2, 0.25) is 10.9 Å². The van der Waals surface area contributed by atoms with E-state index in [1.54, 1.807) is 0 Å². The van der Waals surface area contributed by atoms with Crippen LogP contribution in [0.4, 0.5) is 11.4 Å². The lowest BCUT2D eigenvalue weighted by atomic mass is 10.2. The standard InChI is InChI=1S/C11H9NO2/c1-7-2-4-8(5-3-7)12-9-6-10(13)11(9)14/h2-6,12H,1H3. The van der Waals surface area contributed by atoms with E-state index in [1.165, 1.54) is 6.07 Å². The highest BCUT2D eigenvalue weighted by Gasteiger charge is 2.08. The molecule has 2 aromatic carbocycles. The molecule has 0 atom stereocenters. The van der Waals surface area contributed by atoms with Crippen molar-refractivity contribution < 1.29 is 0 Å². The second-order valence-corrected chi connectivity index (χ2v) is 3.24. The number of rotatable bonds is 2. The average Bonchev–Trinajstić information content (AvgIpc) is 2.20. The Morgan fingerprint density at radius 1 is 1.07 bits per heavy atom. The van der Waals surface area contributed by atoms with Gasteiger partial charge < -0.3 is 5.32 Å². The monoisotopic (exact) mass is 187 g/mol. The van der Waals surface area contributed by atoms with E-state index in [1.807, 2.05) is 31.2 Å². The lowest BCUT2D eigenvalue weighted by Crippen LogP contribution is -2.31. The van der Waals surface area contributed by atoms with Gasteiger partial charge >= 0.3 is 0 Å². The van der Waals surface area contributed by atoms with Crippen LogP contribution in [-0.4, -0.2) is 0 Å². The first-order valence-corrected chi connectivity index (χ1v) is 4.31. The molecule has 0 fully saturated rings. The van der Waals surface area contributed by atoms with Gasteiger partial charge in [-0.05, 0) is 19.1 Å². The van der Waals surface area contributed by atoms with Gasteiger partial charge in [0.05, 0.1) is 5.69 Å². The maximum atomic E-state index is 11.0. The number of nitrogens with one attached hydrogen (secondary N) is 1. The van der Waals surface area contributed by atoms with Crippen LogP contribution in [-0.2, 0) is 0 Å². The molecular weight excluding hydrogens is 178 g/mol. The van der Waals surface area contributed by atoms with Gasteiger partial charge in [0, 0.05) is 11.8 Å². The third-order valence-corrected chi connectivity index (χ3v) is 2.07. The van der Waals surface area contributed by atoms with Gasteiger partial charge in [-0.3, -0.25) is 9.59 Å². The number of hydrogen-bond donors (Lipinski definition) is 1. The Bertz CT molecular complexity index is 519. The molecule has 0 radical (unpaired) electrons. The summed E-state index contributed by atoms with van der Waals surface area (Å²) in [6, 6.07) is 8.92. The number of hydrogen-bond acceptors (Lipinski definition) is 3. The van der Waals surface area contributed by atoms with Crippen molar-refractivity contribution in [3.63, 3.8) is 0 Å². The zero-order chi connectivity index (χ0) is 10.1. The van der Waals surface area contributed by atoms with Crippen LogP contribution in [0.3, 0.4) is 0 Å². The highest BCUT2D eigenvalue weighted by molar-refractivity contribution is 5.61. The van der Waals surface area contributed by atoms with Gasteiger partial charge in [0.15, 0.2) is 0 Å². The normalized spacial score (nSPS) is 10.4. The van der Waals surface area contributed by atoms with E-state index in [-0.39, 0.29) is 0 Å². The van der Waals surface area contributed by atoms with Crippen molar-refractivity contribution in [2.45, 2.75) is 6.92 Å². The molecule has 0 saturated carbocycles. The van der Waals surface area contributed by atoms with Crippen LogP contribution in [0, 0.1) is 6.92 Å². The lowest BCUT2D eigenvalue weighted by Gasteiger charge is -2.06. The largest absolute Gasteiger partial charge is 0.352 e. The van der Waals surface area contributed by atoms with Crippen molar-refractivity contribution in [3.8, 4) is 0 Å². The molecular formula is C11H9NO2. The fourth-order valence-electron chi connectivity index (χ4n) is 1.20. The lowest BCUT2D eigenvalue weighted by molar-refractivity contribution is 1.38. The van der Waals surface area contributed by atoms with Gasteiger partial charge in [0.1, 0.15) is 0 Å². The molecule has 0 heterocycles. The molecule has 1 N–H and O–H groups in total. The van der Waals surface area contributed by atoms with Crippen molar-refractivity contribution in [1.29, 1.82) is 0 Å². The first kappa shape index (κ1) is 8.69. The minimum absolute atomic E-state index is 0.374. The molecule has 0 amide bonds. The van der Waals surface area contributed by atoms with E-state index in [0.717, 1.165) is 11.3 Å². The van der Waals surface area contributed by atoms with Crippen LogP contribution in [0.1, 0.15) is 5.56 Å². The van der Waals surface area contributed by atoms with E-state index in [4.69, 9.17) is 0 Å². The summed E-state index contributed by atoms with van der Waals surface area (Å²) in [6.45, 7) is 1.99. The summed E-state index contributed by atoms with van der Waals surface area (Å²) in [5, 5.41) is 2.88. The Morgan fingerprint density at radius 3 is 2.21 bits per heavy atom. The van der Waals surface area contributed by atoms with Crippen LogP contribution >= 0.6 is 0 Å². The molecule has 2 aromatic rings. The van der Waals surface area contributed by atoms with Crippen molar-refractivity contribution >= 4 is 11.4 Å². The van der Waals surface area contributed by atoms with Crippen LogP contribution in [0.15, 0.2) is 39.9 Å². The first-order valence-electron chi connectivity index (χ1n) is 4.31. The van der Waals surface area contributed by atoms with Crippen LogP contribution in [0.5, 0.6) is 0 Å². The van der Waals surface area contributed by atoms with Crippen molar-refractivity contribution in [2.24, 2.45) is 0 Å². The third-order valence-electron chi connectivity index (χ3n) is 2.07. The van der Waals surface area contributed by atoms with Gasteiger partial charge in [-0.2, -0.15) is 0 Å². The summed E-state index contributed by atoms with van der Waals surface area (Å²) >= 11 is 0. The quantitative estimate of drug-likeness (QED) is 0.721. The zero-order valence-electron chi connectivity index (χ0n) is 7.70. The highest BCUT2D eigenvalue weighted by Crippen LogP contribution is 2.13. The average molecular weight is 187 g/mol. The SMILES string of the molecule is Cc1ccc(Nc2cc(=O)c2=O)cc1. The number of benzene rings is 1. The summed E-state index contributed by atoms with van der Waals surface area (Å²) in [5.74, 6) is 0. The predicted molar refractivity (Wildman–Crippen MR) is 55.8 cm³/mol.